The minimum Gasteiger partial charge on any atom is -0.497 e. The SMILES string of the molecule is COC(=O)C[C@H]1[C@H](C)C(C(F)(F)F)=NN1c1ccc(O[C@]2(c3cc(OC)cc(F)c3F)CCNC[C@H]2C)cc1. The minimum absolute atomic E-state index is 0.0170. The van der Waals surface area contributed by atoms with E-state index in [4.69, 9.17) is 9.47 Å². The van der Waals surface area contributed by atoms with Crippen molar-refractivity contribution >= 4 is 17.4 Å². The second-order valence-electron chi connectivity index (χ2n) is 9.78. The summed E-state index contributed by atoms with van der Waals surface area (Å²) in [5.74, 6) is -3.68. The van der Waals surface area contributed by atoms with Crippen LogP contribution < -0.4 is 19.8 Å². The van der Waals surface area contributed by atoms with Gasteiger partial charge in [-0.15, -0.1) is 0 Å². The monoisotopic (exact) mass is 555 g/mol. The van der Waals surface area contributed by atoms with Gasteiger partial charge in [-0.2, -0.15) is 18.3 Å². The minimum atomic E-state index is -4.67. The molecular formula is C27H30F5N3O4. The third-order valence-corrected chi connectivity index (χ3v) is 7.45. The van der Waals surface area contributed by atoms with E-state index >= 15 is 4.39 Å². The molecule has 2 aliphatic rings. The van der Waals surface area contributed by atoms with Crippen molar-refractivity contribution in [2.24, 2.45) is 16.9 Å². The molecule has 4 rings (SSSR count). The van der Waals surface area contributed by atoms with E-state index < -0.39 is 47.1 Å². The Morgan fingerprint density at radius 1 is 1.13 bits per heavy atom. The molecule has 2 heterocycles. The zero-order valence-corrected chi connectivity index (χ0v) is 21.9. The van der Waals surface area contributed by atoms with Gasteiger partial charge >= 0.3 is 12.1 Å². The Balaban J connectivity index is 1.69. The Hall–Kier alpha value is -3.41. The molecule has 0 aliphatic carbocycles. The number of hydrogen-bond acceptors (Lipinski definition) is 7. The Morgan fingerprint density at radius 3 is 2.41 bits per heavy atom. The summed E-state index contributed by atoms with van der Waals surface area (Å²) in [6, 6.07) is 7.55. The van der Waals surface area contributed by atoms with E-state index in [1.807, 2.05) is 6.92 Å². The van der Waals surface area contributed by atoms with Crippen molar-refractivity contribution in [1.82, 2.24) is 5.32 Å². The third-order valence-electron chi connectivity index (χ3n) is 7.45. The summed E-state index contributed by atoms with van der Waals surface area (Å²) < 4.78 is 86.7. The van der Waals surface area contributed by atoms with Gasteiger partial charge in [0.15, 0.2) is 11.6 Å². The van der Waals surface area contributed by atoms with Crippen molar-refractivity contribution in [3.8, 4) is 11.5 Å². The van der Waals surface area contributed by atoms with Crippen molar-refractivity contribution < 1.29 is 41.0 Å². The molecule has 0 bridgehead atoms. The summed E-state index contributed by atoms with van der Waals surface area (Å²) >= 11 is 0. The molecule has 7 nitrogen and oxygen atoms in total. The number of alkyl halides is 3. The van der Waals surface area contributed by atoms with Gasteiger partial charge in [0.25, 0.3) is 0 Å². The van der Waals surface area contributed by atoms with Crippen LogP contribution in [0.3, 0.4) is 0 Å². The zero-order chi connectivity index (χ0) is 28.5. The second kappa shape index (κ2) is 11.0. The Labute approximate surface area is 222 Å². The van der Waals surface area contributed by atoms with Crippen molar-refractivity contribution in [3.05, 3.63) is 53.6 Å². The Morgan fingerprint density at radius 2 is 1.82 bits per heavy atom. The Bertz CT molecular complexity index is 1240. The number of hydrazone groups is 1. The number of methoxy groups -OCH3 is 2. The van der Waals surface area contributed by atoms with Gasteiger partial charge in [-0.3, -0.25) is 9.80 Å². The number of anilines is 1. The van der Waals surface area contributed by atoms with Crippen molar-refractivity contribution in [3.63, 3.8) is 0 Å². The summed E-state index contributed by atoms with van der Waals surface area (Å²) in [5, 5.41) is 8.18. The first-order chi connectivity index (χ1) is 18.4. The molecule has 39 heavy (non-hydrogen) atoms. The second-order valence-corrected chi connectivity index (χ2v) is 9.78. The number of esters is 1. The van der Waals surface area contributed by atoms with Gasteiger partial charge in [-0.05, 0) is 36.9 Å². The summed E-state index contributed by atoms with van der Waals surface area (Å²) in [7, 11) is 2.52. The molecule has 4 atom stereocenters. The molecule has 0 saturated carbocycles. The molecule has 0 unspecified atom stereocenters. The van der Waals surface area contributed by atoms with E-state index in [0.29, 0.717) is 30.9 Å². The number of ether oxygens (including phenoxy) is 3. The van der Waals surface area contributed by atoms with Crippen molar-refractivity contribution in [2.45, 2.75) is 44.5 Å². The van der Waals surface area contributed by atoms with E-state index in [1.165, 1.54) is 51.5 Å². The Kier molecular flexibility index (Phi) is 8.06. The van der Waals surface area contributed by atoms with Gasteiger partial charge in [-0.25, -0.2) is 8.78 Å². The number of rotatable bonds is 7. The lowest BCUT2D eigenvalue weighted by Crippen LogP contribution is -2.51. The first-order valence-corrected chi connectivity index (χ1v) is 12.5. The molecule has 0 aromatic heterocycles. The smallest absolute Gasteiger partial charge is 0.431 e. The molecule has 0 amide bonds. The fourth-order valence-electron chi connectivity index (χ4n) is 5.23. The molecule has 1 fully saturated rings. The molecule has 1 saturated heterocycles. The molecule has 12 heteroatoms. The molecule has 1 N–H and O–H groups in total. The standard InChI is InChI=1S/C27H30F5N3O4/c1-15-14-33-10-9-26(15,20-11-19(37-3)12-21(28)24(20)29)39-18-7-5-17(6-8-18)35-22(13-23(36)38-4)16(2)25(34-35)27(30,31)32/h5-8,11-12,15-16,22,33H,9-10,13-14H2,1-4H3/t15-,16+,22+,26-/m1/s1. The zero-order valence-electron chi connectivity index (χ0n) is 21.9. The number of hydrogen-bond donors (Lipinski definition) is 1. The van der Waals surface area contributed by atoms with Crippen LogP contribution in [-0.4, -0.2) is 51.2 Å². The third kappa shape index (κ3) is 5.52. The van der Waals surface area contributed by atoms with Crippen LogP contribution in [0.4, 0.5) is 27.6 Å². The molecule has 2 aromatic carbocycles. The molecule has 0 radical (unpaired) electrons. The maximum Gasteiger partial charge on any atom is 0.431 e. The van der Waals surface area contributed by atoms with Gasteiger partial charge in [-0.1, -0.05) is 13.8 Å². The van der Waals surface area contributed by atoms with Crippen LogP contribution in [0.2, 0.25) is 0 Å². The van der Waals surface area contributed by atoms with E-state index in [9.17, 15) is 22.4 Å². The van der Waals surface area contributed by atoms with E-state index in [-0.39, 0.29) is 23.7 Å². The van der Waals surface area contributed by atoms with Gasteiger partial charge in [0.05, 0.1) is 32.4 Å². The maximum atomic E-state index is 15.2. The lowest BCUT2D eigenvalue weighted by atomic mass is 9.76. The average molecular weight is 556 g/mol. The first-order valence-electron chi connectivity index (χ1n) is 12.5. The number of piperidine rings is 1. The molecular weight excluding hydrogens is 525 g/mol. The number of halogens is 5. The maximum absolute atomic E-state index is 15.2. The molecule has 2 aromatic rings. The topological polar surface area (TPSA) is 72.4 Å². The van der Waals surface area contributed by atoms with Gasteiger partial charge in [0, 0.05) is 36.4 Å². The van der Waals surface area contributed by atoms with Crippen LogP contribution in [0.15, 0.2) is 41.5 Å². The highest BCUT2D eigenvalue weighted by Crippen LogP contribution is 2.43. The number of nitrogens with one attached hydrogen (secondary N) is 1. The predicted molar refractivity (Wildman–Crippen MR) is 134 cm³/mol. The highest BCUT2D eigenvalue weighted by Gasteiger charge is 2.49. The summed E-state index contributed by atoms with van der Waals surface area (Å²) in [4.78, 5) is 11.9. The van der Waals surface area contributed by atoms with Crippen LogP contribution >= 0.6 is 0 Å². The summed E-state index contributed by atoms with van der Waals surface area (Å²) in [6.45, 7) is 4.18. The van der Waals surface area contributed by atoms with Crippen molar-refractivity contribution in [1.29, 1.82) is 0 Å². The lowest BCUT2D eigenvalue weighted by Gasteiger charge is -2.43. The molecule has 0 spiro atoms. The summed E-state index contributed by atoms with van der Waals surface area (Å²) in [5.41, 5.74) is -1.92. The summed E-state index contributed by atoms with van der Waals surface area (Å²) in [6.07, 6.45) is -4.64. The van der Waals surface area contributed by atoms with Gasteiger partial charge in [0.1, 0.15) is 22.8 Å². The normalized spacial score (nSPS) is 25.3. The quantitative estimate of drug-likeness (QED) is 0.375. The van der Waals surface area contributed by atoms with E-state index in [2.05, 4.69) is 15.2 Å². The van der Waals surface area contributed by atoms with Crippen LogP contribution in [-0.2, 0) is 15.1 Å². The van der Waals surface area contributed by atoms with Crippen LogP contribution in [0, 0.1) is 23.5 Å². The largest absolute Gasteiger partial charge is 0.497 e. The average Bonchev–Trinajstić information content (AvgIpc) is 3.23. The van der Waals surface area contributed by atoms with Crippen LogP contribution in [0.5, 0.6) is 11.5 Å². The van der Waals surface area contributed by atoms with E-state index in [0.717, 1.165) is 11.1 Å². The van der Waals surface area contributed by atoms with Gasteiger partial charge in [0.2, 0.25) is 0 Å². The number of nitrogens with zero attached hydrogens (tertiary/aromatic N) is 2. The highest BCUT2D eigenvalue weighted by atomic mass is 19.4. The fraction of sp³-hybridized carbons (Fsp3) is 0.481. The van der Waals surface area contributed by atoms with Crippen LogP contribution in [0.25, 0.3) is 0 Å². The molecule has 2 aliphatic heterocycles. The number of carbonyl (C=O) groups excluding carboxylic acids is 1. The first kappa shape index (κ1) is 28.6. The fourth-order valence-corrected chi connectivity index (χ4v) is 5.23. The van der Waals surface area contributed by atoms with Crippen molar-refractivity contribution in [2.75, 3.05) is 32.3 Å². The number of benzene rings is 2. The predicted octanol–water partition coefficient (Wildman–Crippen LogP) is 5.18. The lowest BCUT2D eigenvalue weighted by molar-refractivity contribution is -0.141. The molecule has 212 valence electrons. The van der Waals surface area contributed by atoms with E-state index in [1.54, 1.807) is 0 Å². The highest BCUT2D eigenvalue weighted by molar-refractivity contribution is 5.96. The number of carbonyl (C=O) groups is 1. The van der Waals surface area contributed by atoms with Crippen LogP contribution in [0.1, 0.15) is 32.3 Å². The van der Waals surface area contributed by atoms with Gasteiger partial charge < -0.3 is 19.5 Å².